The van der Waals surface area contributed by atoms with Crippen molar-refractivity contribution in [2.75, 3.05) is 7.05 Å². The molecule has 0 aliphatic carbocycles. The number of hydrogen-bond acceptors (Lipinski definition) is 4. The molecule has 1 N–H and O–H groups in total. The minimum Gasteiger partial charge on any atom is -0.464 e. The van der Waals surface area contributed by atoms with E-state index in [0.717, 1.165) is 22.1 Å². The van der Waals surface area contributed by atoms with Gasteiger partial charge in [0.05, 0.1) is 13.0 Å². The van der Waals surface area contributed by atoms with Crippen molar-refractivity contribution in [3.8, 4) is 0 Å². The summed E-state index contributed by atoms with van der Waals surface area (Å²) in [7, 11) is 1.78. The van der Waals surface area contributed by atoms with Gasteiger partial charge in [0, 0.05) is 17.6 Å². The van der Waals surface area contributed by atoms with Gasteiger partial charge in [0.2, 0.25) is 5.91 Å². The molecule has 2 rings (SSSR count). The Balaban J connectivity index is 1.99. The molecular formula is C13H16N2O2S2. The highest BCUT2D eigenvalue weighted by atomic mass is 32.1. The number of H-pyrrole nitrogens is 1. The predicted octanol–water partition coefficient (Wildman–Crippen LogP) is 3.22. The Morgan fingerprint density at radius 2 is 2.21 bits per heavy atom. The Labute approximate surface area is 121 Å². The minimum absolute atomic E-state index is 0.0578. The van der Waals surface area contributed by atoms with Crippen LogP contribution >= 0.6 is 23.6 Å². The van der Waals surface area contributed by atoms with Crippen molar-refractivity contribution in [1.82, 2.24) is 9.88 Å². The lowest BCUT2D eigenvalue weighted by Crippen LogP contribution is -2.27. The molecule has 0 saturated heterocycles. The lowest BCUT2D eigenvalue weighted by molar-refractivity contribution is -0.129. The molecule has 2 heterocycles. The molecule has 1 amide bonds. The molecule has 0 aromatic carbocycles. The van der Waals surface area contributed by atoms with E-state index in [0.29, 0.717) is 16.9 Å². The first-order valence-corrected chi connectivity index (χ1v) is 7.16. The van der Waals surface area contributed by atoms with Crippen molar-refractivity contribution < 1.29 is 9.21 Å². The molecule has 2 aromatic rings. The summed E-state index contributed by atoms with van der Waals surface area (Å²) in [5, 5.41) is 0. The normalized spacial score (nSPS) is 10.7. The van der Waals surface area contributed by atoms with E-state index >= 15 is 0 Å². The van der Waals surface area contributed by atoms with Crippen molar-refractivity contribution in [2.24, 2.45) is 0 Å². The van der Waals surface area contributed by atoms with Crippen LogP contribution in [-0.2, 0) is 17.8 Å². The second-order valence-corrected chi connectivity index (χ2v) is 6.27. The zero-order valence-electron chi connectivity index (χ0n) is 11.1. The van der Waals surface area contributed by atoms with Gasteiger partial charge >= 0.3 is 0 Å². The van der Waals surface area contributed by atoms with Crippen molar-refractivity contribution in [3.63, 3.8) is 0 Å². The van der Waals surface area contributed by atoms with E-state index < -0.39 is 0 Å². The van der Waals surface area contributed by atoms with E-state index in [4.69, 9.17) is 16.6 Å². The van der Waals surface area contributed by atoms with E-state index in [-0.39, 0.29) is 5.91 Å². The van der Waals surface area contributed by atoms with Crippen LogP contribution in [0.5, 0.6) is 0 Å². The lowest BCUT2D eigenvalue weighted by atomic mass is 10.2. The van der Waals surface area contributed by atoms with E-state index in [1.54, 1.807) is 11.9 Å². The van der Waals surface area contributed by atoms with Gasteiger partial charge in [0.15, 0.2) is 3.95 Å². The summed E-state index contributed by atoms with van der Waals surface area (Å²) in [5.41, 5.74) is 0.977. The number of aromatic nitrogens is 1. The van der Waals surface area contributed by atoms with Gasteiger partial charge in [-0.05, 0) is 38.2 Å². The second-order valence-electron chi connectivity index (χ2n) is 4.50. The fraction of sp³-hybridized carbons (Fsp3) is 0.385. The number of amides is 1. The van der Waals surface area contributed by atoms with Crippen LogP contribution in [0.15, 0.2) is 16.5 Å². The first kappa shape index (κ1) is 14.0. The highest BCUT2D eigenvalue weighted by Gasteiger charge is 2.14. The van der Waals surface area contributed by atoms with Crippen molar-refractivity contribution in [1.29, 1.82) is 0 Å². The monoisotopic (exact) mass is 296 g/mol. The summed E-state index contributed by atoms with van der Waals surface area (Å²) < 4.78 is 6.18. The SMILES string of the molecule is Cc1ccc(CN(C)C(=O)Cc2sc(=S)[nH]c2C)o1. The molecule has 0 radical (unpaired) electrons. The molecule has 0 bridgehead atoms. The largest absolute Gasteiger partial charge is 0.464 e. The third-order valence-corrected chi connectivity index (χ3v) is 4.19. The van der Waals surface area contributed by atoms with Crippen molar-refractivity contribution in [2.45, 2.75) is 26.8 Å². The van der Waals surface area contributed by atoms with Crippen LogP contribution in [0.3, 0.4) is 0 Å². The Morgan fingerprint density at radius 1 is 1.47 bits per heavy atom. The Hall–Kier alpha value is -1.40. The topological polar surface area (TPSA) is 49.2 Å². The zero-order chi connectivity index (χ0) is 14.0. The lowest BCUT2D eigenvalue weighted by Gasteiger charge is -2.15. The average Bonchev–Trinajstić information content (AvgIpc) is 2.85. The molecule has 0 spiro atoms. The van der Waals surface area contributed by atoms with Gasteiger partial charge in [0.25, 0.3) is 0 Å². The van der Waals surface area contributed by atoms with Crippen LogP contribution in [0, 0.1) is 17.8 Å². The van der Waals surface area contributed by atoms with E-state index in [2.05, 4.69) is 4.98 Å². The molecule has 0 fully saturated rings. The van der Waals surface area contributed by atoms with Crippen LogP contribution in [0.25, 0.3) is 0 Å². The number of rotatable bonds is 4. The number of furan rings is 1. The molecule has 0 aliphatic rings. The first-order valence-electron chi connectivity index (χ1n) is 5.93. The Kier molecular flexibility index (Phi) is 4.21. The van der Waals surface area contributed by atoms with Crippen LogP contribution in [0.2, 0.25) is 0 Å². The van der Waals surface area contributed by atoms with Crippen LogP contribution in [0.1, 0.15) is 22.1 Å². The standard InChI is InChI=1S/C13H16N2O2S2/c1-8-4-5-10(17-8)7-15(3)12(16)6-11-9(2)14-13(18)19-11/h4-5H,6-7H2,1-3H3,(H,14,18). The van der Waals surface area contributed by atoms with Gasteiger partial charge in [-0.3, -0.25) is 4.79 Å². The van der Waals surface area contributed by atoms with Crippen LogP contribution in [-0.4, -0.2) is 22.8 Å². The molecule has 0 saturated carbocycles. The number of carbonyl (C=O) groups is 1. The third kappa shape index (κ3) is 3.54. The maximum Gasteiger partial charge on any atom is 0.228 e. The number of aryl methyl sites for hydroxylation is 2. The molecule has 19 heavy (non-hydrogen) atoms. The number of thiazole rings is 1. The number of nitrogens with zero attached hydrogens (tertiary/aromatic N) is 1. The molecule has 0 atom stereocenters. The van der Waals surface area contributed by atoms with E-state index in [9.17, 15) is 4.79 Å². The fourth-order valence-electron chi connectivity index (χ4n) is 1.77. The minimum atomic E-state index is 0.0578. The summed E-state index contributed by atoms with van der Waals surface area (Å²) in [6, 6.07) is 3.79. The highest BCUT2D eigenvalue weighted by molar-refractivity contribution is 7.73. The molecule has 102 valence electrons. The first-order chi connectivity index (χ1) is 8.95. The van der Waals surface area contributed by atoms with Crippen molar-refractivity contribution >= 4 is 29.5 Å². The molecule has 2 aromatic heterocycles. The molecule has 6 heteroatoms. The number of nitrogens with one attached hydrogen (secondary N) is 1. The molecule has 0 aliphatic heterocycles. The van der Waals surface area contributed by atoms with E-state index in [1.807, 2.05) is 26.0 Å². The average molecular weight is 296 g/mol. The zero-order valence-corrected chi connectivity index (χ0v) is 12.8. The summed E-state index contributed by atoms with van der Waals surface area (Å²) in [5.74, 6) is 1.71. The summed E-state index contributed by atoms with van der Waals surface area (Å²) in [6.45, 7) is 4.31. The summed E-state index contributed by atoms with van der Waals surface area (Å²) in [6.07, 6.45) is 0.375. The third-order valence-electron chi connectivity index (χ3n) is 2.85. The maximum atomic E-state index is 12.1. The predicted molar refractivity (Wildman–Crippen MR) is 77.9 cm³/mol. The smallest absolute Gasteiger partial charge is 0.228 e. The fourth-order valence-corrected chi connectivity index (χ4v) is 3.05. The molecule has 4 nitrogen and oxygen atoms in total. The number of aromatic amines is 1. The second kappa shape index (κ2) is 5.71. The quantitative estimate of drug-likeness (QED) is 0.881. The number of likely N-dealkylation sites (N-methyl/N-ethyl adjacent to an activating group) is 1. The molecular weight excluding hydrogens is 280 g/mol. The Morgan fingerprint density at radius 3 is 2.74 bits per heavy atom. The van der Waals surface area contributed by atoms with Crippen LogP contribution in [0.4, 0.5) is 0 Å². The van der Waals surface area contributed by atoms with Gasteiger partial charge in [-0.1, -0.05) is 0 Å². The molecule has 0 unspecified atom stereocenters. The van der Waals surface area contributed by atoms with Gasteiger partial charge in [-0.2, -0.15) is 0 Å². The van der Waals surface area contributed by atoms with Gasteiger partial charge in [-0.25, -0.2) is 0 Å². The maximum absolute atomic E-state index is 12.1. The van der Waals surface area contributed by atoms with Gasteiger partial charge in [0.1, 0.15) is 11.5 Å². The number of hydrogen-bond donors (Lipinski definition) is 1. The van der Waals surface area contributed by atoms with Gasteiger partial charge < -0.3 is 14.3 Å². The summed E-state index contributed by atoms with van der Waals surface area (Å²) >= 11 is 6.53. The van der Waals surface area contributed by atoms with Crippen LogP contribution < -0.4 is 0 Å². The van der Waals surface area contributed by atoms with Gasteiger partial charge in [-0.15, -0.1) is 11.3 Å². The van der Waals surface area contributed by atoms with Crippen molar-refractivity contribution in [3.05, 3.63) is 38.2 Å². The summed E-state index contributed by atoms with van der Waals surface area (Å²) in [4.78, 5) is 17.8. The number of carbonyl (C=O) groups excluding carboxylic acids is 1. The highest BCUT2D eigenvalue weighted by Crippen LogP contribution is 2.16. The van der Waals surface area contributed by atoms with E-state index in [1.165, 1.54) is 11.3 Å². The Bertz CT molecular complexity index is 639.